The summed E-state index contributed by atoms with van der Waals surface area (Å²) in [5.74, 6) is 5.21. The fourth-order valence-corrected chi connectivity index (χ4v) is 6.13. The Kier molecular flexibility index (Phi) is 7.10. The van der Waals surface area contributed by atoms with Crippen LogP contribution in [-0.2, 0) is 4.74 Å². The van der Waals surface area contributed by atoms with Gasteiger partial charge in [0.05, 0.1) is 13.4 Å². The van der Waals surface area contributed by atoms with Gasteiger partial charge in [-0.1, -0.05) is 45.4 Å². The zero-order chi connectivity index (χ0) is 16.8. The van der Waals surface area contributed by atoms with Crippen molar-refractivity contribution in [1.82, 2.24) is 0 Å². The number of ether oxygens (including phenoxy) is 1. The molecule has 1 nitrogen and oxygen atoms in total. The van der Waals surface area contributed by atoms with Gasteiger partial charge < -0.3 is 4.74 Å². The molecule has 0 amide bonds. The Labute approximate surface area is 150 Å². The van der Waals surface area contributed by atoms with Gasteiger partial charge in [0.2, 0.25) is 0 Å². The smallest absolute Gasteiger partial charge is 0.0816 e. The molecule has 0 aliphatic heterocycles. The van der Waals surface area contributed by atoms with E-state index >= 15 is 0 Å². The molecule has 0 radical (unpaired) electrons. The van der Waals surface area contributed by atoms with Crippen molar-refractivity contribution in [2.24, 2.45) is 29.6 Å². The fourth-order valence-electron chi connectivity index (χ4n) is 6.13. The molecule has 3 aliphatic carbocycles. The number of allylic oxidation sites excluding steroid dienone is 1. The summed E-state index contributed by atoms with van der Waals surface area (Å²) in [6.45, 7) is 2.33. The fraction of sp³-hybridized carbons (Fsp3) is 0.913. The lowest BCUT2D eigenvalue weighted by molar-refractivity contribution is 0.0873. The molecule has 0 bridgehead atoms. The van der Waals surface area contributed by atoms with E-state index < -0.39 is 0 Å². The second-order valence-corrected chi connectivity index (χ2v) is 9.12. The van der Waals surface area contributed by atoms with Crippen molar-refractivity contribution >= 4 is 0 Å². The maximum absolute atomic E-state index is 5.26. The summed E-state index contributed by atoms with van der Waals surface area (Å²) >= 11 is 0. The third kappa shape index (κ3) is 4.79. The van der Waals surface area contributed by atoms with Crippen molar-refractivity contribution in [2.45, 2.75) is 96.8 Å². The molecule has 3 saturated carbocycles. The molecule has 24 heavy (non-hydrogen) atoms. The second-order valence-electron chi connectivity index (χ2n) is 9.12. The molecule has 1 heteroatoms. The van der Waals surface area contributed by atoms with Gasteiger partial charge in [-0.05, 0) is 86.5 Å². The molecule has 0 aromatic heterocycles. The lowest BCUT2D eigenvalue weighted by Crippen LogP contribution is -2.33. The third-order valence-corrected chi connectivity index (χ3v) is 7.60. The quantitative estimate of drug-likeness (QED) is 0.371. The standard InChI is InChI=1S/C23H40O/c1-3-4-5-6-18-7-10-20(11-8-18)22-14-13-21-15-19(17-24-2)9-12-23(21)16-22/h17-18,20-23H,3-16H2,1-2H3/b19-17-. The van der Waals surface area contributed by atoms with Crippen molar-refractivity contribution in [2.75, 3.05) is 7.11 Å². The summed E-state index contributed by atoms with van der Waals surface area (Å²) in [4.78, 5) is 0. The maximum atomic E-state index is 5.26. The molecule has 3 fully saturated rings. The SMILES string of the molecule is CCCCCC1CCC(C2CCC3C/C(=C\OC)CCC3C2)CC1. The van der Waals surface area contributed by atoms with Crippen molar-refractivity contribution in [3.63, 3.8) is 0 Å². The number of methoxy groups -OCH3 is 1. The Morgan fingerprint density at radius 1 is 0.875 bits per heavy atom. The molecule has 0 aromatic carbocycles. The number of fused-ring (bicyclic) bond motifs is 1. The highest BCUT2D eigenvalue weighted by molar-refractivity contribution is 5.06. The highest BCUT2D eigenvalue weighted by Crippen LogP contribution is 2.49. The summed E-state index contributed by atoms with van der Waals surface area (Å²) in [6, 6.07) is 0. The summed E-state index contributed by atoms with van der Waals surface area (Å²) in [5.41, 5.74) is 1.57. The van der Waals surface area contributed by atoms with E-state index in [2.05, 4.69) is 6.92 Å². The molecule has 0 spiro atoms. The average molecular weight is 333 g/mol. The molecule has 3 unspecified atom stereocenters. The van der Waals surface area contributed by atoms with Gasteiger partial charge in [0, 0.05) is 0 Å². The van der Waals surface area contributed by atoms with Crippen molar-refractivity contribution in [1.29, 1.82) is 0 Å². The first-order valence-corrected chi connectivity index (χ1v) is 11.0. The van der Waals surface area contributed by atoms with Crippen LogP contribution < -0.4 is 0 Å². The third-order valence-electron chi connectivity index (χ3n) is 7.60. The first kappa shape index (κ1) is 18.3. The number of hydrogen-bond donors (Lipinski definition) is 0. The molecule has 3 rings (SSSR count). The van der Waals surface area contributed by atoms with Crippen LogP contribution in [0.3, 0.4) is 0 Å². The van der Waals surface area contributed by atoms with Crippen molar-refractivity contribution in [3.05, 3.63) is 11.8 Å². The van der Waals surface area contributed by atoms with E-state index in [4.69, 9.17) is 4.74 Å². The second kappa shape index (κ2) is 9.30. The minimum Gasteiger partial charge on any atom is -0.504 e. The van der Waals surface area contributed by atoms with Crippen LogP contribution >= 0.6 is 0 Å². The van der Waals surface area contributed by atoms with Gasteiger partial charge in [-0.3, -0.25) is 0 Å². The van der Waals surface area contributed by atoms with E-state index in [0.29, 0.717) is 0 Å². The van der Waals surface area contributed by atoms with Gasteiger partial charge in [0.15, 0.2) is 0 Å². The predicted molar refractivity (Wildman–Crippen MR) is 103 cm³/mol. The molecule has 0 N–H and O–H groups in total. The average Bonchev–Trinajstić information content (AvgIpc) is 2.62. The molecule has 3 aliphatic rings. The van der Waals surface area contributed by atoms with Crippen LogP contribution in [0.1, 0.15) is 96.8 Å². The molecule has 138 valence electrons. The normalized spacial score (nSPS) is 38.8. The Bertz CT molecular complexity index is 391. The van der Waals surface area contributed by atoms with Gasteiger partial charge in [0.1, 0.15) is 0 Å². The van der Waals surface area contributed by atoms with Gasteiger partial charge >= 0.3 is 0 Å². The van der Waals surface area contributed by atoms with Gasteiger partial charge in [-0.2, -0.15) is 0 Å². The molecule has 0 heterocycles. The minimum absolute atomic E-state index is 0.974. The van der Waals surface area contributed by atoms with E-state index in [9.17, 15) is 0 Å². The minimum atomic E-state index is 0.974. The zero-order valence-corrected chi connectivity index (χ0v) is 16.3. The van der Waals surface area contributed by atoms with Crippen LogP contribution in [0.5, 0.6) is 0 Å². The first-order valence-electron chi connectivity index (χ1n) is 11.0. The van der Waals surface area contributed by atoms with E-state index in [1.165, 1.54) is 57.8 Å². The lowest BCUT2D eigenvalue weighted by atomic mass is 9.62. The Morgan fingerprint density at radius 2 is 1.58 bits per heavy atom. The molecule has 3 atom stereocenters. The van der Waals surface area contributed by atoms with Crippen LogP contribution in [0.25, 0.3) is 0 Å². The highest BCUT2D eigenvalue weighted by atomic mass is 16.5. The molecule has 0 aromatic rings. The van der Waals surface area contributed by atoms with Crippen LogP contribution in [0, 0.1) is 29.6 Å². The topological polar surface area (TPSA) is 9.23 Å². The van der Waals surface area contributed by atoms with Crippen LogP contribution in [0.4, 0.5) is 0 Å². The Hall–Kier alpha value is -0.460. The largest absolute Gasteiger partial charge is 0.504 e. The summed E-state index contributed by atoms with van der Waals surface area (Å²) in [7, 11) is 1.80. The number of unbranched alkanes of at least 4 members (excludes halogenated alkanes) is 2. The maximum Gasteiger partial charge on any atom is 0.0816 e. The number of rotatable bonds is 6. The van der Waals surface area contributed by atoms with E-state index in [1.54, 1.807) is 44.8 Å². The monoisotopic (exact) mass is 332 g/mol. The molecular formula is C23H40O. The zero-order valence-electron chi connectivity index (χ0n) is 16.3. The van der Waals surface area contributed by atoms with Crippen molar-refractivity contribution < 1.29 is 4.74 Å². The summed E-state index contributed by atoms with van der Waals surface area (Å²) in [6.07, 6.45) is 22.7. The van der Waals surface area contributed by atoms with Gasteiger partial charge in [-0.15, -0.1) is 0 Å². The summed E-state index contributed by atoms with van der Waals surface area (Å²) in [5, 5.41) is 0. The van der Waals surface area contributed by atoms with Crippen molar-refractivity contribution in [3.8, 4) is 0 Å². The van der Waals surface area contributed by atoms with Crippen LogP contribution in [0.2, 0.25) is 0 Å². The molecular weight excluding hydrogens is 292 g/mol. The van der Waals surface area contributed by atoms with E-state index in [-0.39, 0.29) is 0 Å². The van der Waals surface area contributed by atoms with Gasteiger partial charge in [0.25, 0.3) is 0 Å². The van der Waals surface area contributed by atoms with Crippen LogP contribution in [0.15, 0.2) is 11.8 Å². The molecule has 0 saturated heterocycles. The Morgan fingerprint density at radius 3 is 2.33 bits per heavy atom. The van der Waals surface area contributed by atoms with Crippen LogP contribution in [-0.4, -0.2) is 7.11 Å². The summed E-state index contributed by atoms with van der Waals surface area (Å²) < 4.78 is 5.26. The number of hydrogen-bond acceptors (Lipinski definition) is 1. The van der Waals surface area contributed by atoms with E-state index in [1.807, 2.05) is 6.26 Å². The van der Waals surface area contributed by atoms with Gasteiger partial charge in [-0.25, -0.2) is 0 Å². The highest BCUT2D eigenvalue weighted by Gasteiger charge is 2.37. The lowest BCUT2D eigenvalue weighted by Gasteiger charge is -2.44. The first-order chi connectivity index (χ1) is 11.8. The predicted octanol–water partition coefficient (Wildman–Crippen LogP) is 7.12. The van der Waals surface area contributed by atoms with E-state index in [0.717, 1.165) is 29.6 Å². The Balaban J connectivity index is 1.41.